The van der Waals surface area contributed by atoms with Crippen molar-refractivity contribution in [3.63, 3.8) is 0 Å². The lowest BCUT2D eigenvalue weighted by atomic mass is 10.1. The molecule has 1 aliphatic carbocycles. The number of carbonyl (C=O) groups excluding carboxylic acids is 1. The van der Waals surface area contributed by atoms with Crippen LogP contribution in [-0.2, 0) is 0 Å². The standard InChI is InChI=1S/C21H19F3N4O2/c1-12-18(26-20(29)14-4-10-17(11-5-14)30-21(22,23)24)19(13-2-3-13)28(27-12)16-8-6-15(25)7-9-16/h4-11,13H,2-3,25H2,1H3,(H,26,29). The molecule has 9 heteroatoms. The van der Waals surface area contributed by atoms with Crippen molar-refractivity contribution in [2.75, 3.05) is 11.1 Å². The molecule has 0 atom stereocenters. The van der Waals surface area contributed by atoms with Gasteiger partial charge in [-0.15, -0.1) is 13.2 Å². The van der Waals surface area contributed by atoms with Crippen molar-refractivity contribution in [3.05, 3.63) is 65.5 Å². The number of nitrogens with zero attached hydrogens (tertiary/aromatic N) is 2. The molecule has 1 aromatic heterocycles. The number of nitrogen functional groups attached to an aromatic ring is 1. The van der Waals surface area contributed by atoms with Crippen LogP contribution in [0, 0.1) is 6.92 Å². The topological polar surface area (TPSA) is 82.2 Å². The number of ether oxygens (including phenoxy) is 1. The molecule has 3 aromatic rings. The summed E-state index contributed by atoms with van der Waals surface area (Å²) in [6.45, 7) is 1.80. The van der Waals surface area contributed by atoms with Crippen molar-refractivity contribution < 1.29 is 22.7 Å². The van der Waals surface area contributed by atoms with E-state index in [1.165, 1.54) is 12.1 Å². The Kier molecular flexibility index (Phi) is 4.89. The second-order valence-corrected chi connectivity index (χ2v) is 7.15. The Morgan fingerprint density at radius 1 is 1.13 bits per heavy atom. The lowest BCUT2D eigenvalue weighted by molar-refractivity contribution is -0.274. The Morgan fingerprint density at radius 2 is 1.77 bits per heavy atom. The van der Waals surface area contributed by atoms with E-state index in [9.17, 15) is 18.0 Å². The van der Waals surface area contributed by atoms with E-state index in [2.05, 4.69) is 15.2 Å². The number of nitrogens with two attached hydrogens (primary N) is 1. The molecule has 0 unspecified atom stereocenters. The molecule has 1 saturated carbocycles. The molecule has 6 nitrogen and oxygen atoms in total. The highest BCUT2D eigenvalue weighted by atomic mass is 19.4. The van der Waals surface area contributed by atoms with E-state index < -0.39 is 12.3 Å². The summed E-state index contributed by atoms with van der Waals surface area (Å²) in [7, 11) is 0. The summed E-state index contributed by atoms with van der Waals surface area (Å²) in [6.07, 6.45) is -2.80. The molecule has 1 fully saturated rings. The number of carbonyl (C=O) groups is 1. The highest BCUT2D eigenvalue weighted by Gasteiger charge is 2.33. The number of aromatic nitrogens is 2. The third-order valence-electron chi connectivity index (χ3n) is 4.79. The number of hydrogen-bond acceptors (Lipinski definition) is 4. The monoisotopic (exact) mass is 416 g/mol. The molecule has 30 heavy (non-hydrogen) atoms. The quantitative estimate of drug-likeness (QED) is 0.586. The minimum absolute atomic E-state index is 0.214. The minimum atomic E-state index is -4.78. The number of hydrogen-bond donors (Lipinski definition) is 2. The maximum atomic E-state index is 12.7. The third kappa shape index (κ3) is 4.24. The van der Waals surface area contributed by atoms with Crippen molar-refractivity contribution in [2.24, 2.45) is 0 Å². The number of halogens is 3. The molecule has 1 aliphatic rings. The number of alkyl halides is 3. The largest absolute Gasteiger partial charge is 0.573 e. The maximum absolute atomic E-state index is 12.7. The fraction of sp³-hybridized carbons (Fsp3) is 0.238. The molecule has 156 valence electrons. The molecule has 0 aliphatic heterocycles. The van der Waals surface area contributed by atoms with E-state index in [1.807, 2.05) is 16.8 Å². The van der Waals surface area contributed by atoms with Gasteiger partial charge in [0.25, 0.3) is 5.91 Å². The van der Waals surface area contributed by atoms with Gasteiger partial charge in [-0.05, 0) is 68.3 Å². The van der Waals surface area contributed by atoms with Gasteiger partial charge in [-0.3, -0.25) is 4.79 Å². The lowest BCUT2D eigenvalue weighted by Gasteiger charge is -2.11. The van der Waals surface area contributed by atoms with E-state index in [0.29, 0.717) is 17.1 Å². The van der Waals surface area contributed by atoms with Gasteiger partial charge in [0.15, 0.2) is 0 Å². The number of amides is 1. The van der Waals surface area contributed by atoms with Gasteiger partial charge in [-0.2, -0.15) is 5.10 Å². The molecule has 1 amide bonds. The van der Waals surface area contributed by atoms with Crippen LogP contribution in [0.3, 0.4) is 0 Å². The van der Waals surface area contributed by atoms with Crippen molar-refractivity contribution in [1.29, 1.82) is 0 Å². The average molecular weight is 416 g/mol. The summed E-state index contributed by atoms with van der Waals surface area (Å²) in [4.78, 5) is 12.7. The molecule has 4 rings (SSSR count). The molecule has 0 radical (unpaired) electrons. The number of aryl methyl sites for hydroxylation is 1. The Hall–Kier alpha value is -3.49. The third-order valence-corrected chi connectivity index (χ3v) is 4.79. The van der Waals surface area contributed by atoms with Gasteiger partial charge in [0.1, 0.15) is 5.75 Å². The number of anilines is 2. The van der Waals surface area contributed by atoms with Crippen LogP contribution in [0.15, 0.2) is 48.5 Å². The van der Waals surface area contributed by atoms with Crippen LogP contribution in [0.5, 0.6) is 5.75 Å². The van der Waals surface area contributed by atoms with Crippen LogP contribution in [0.2, 0.25) is 0 Å². The summed E-state index contributed by atoms with van der Waals surface area (Å²) in [5.74, 6) is -0.540. The van der Waals surface area contributed by atoms with Crippen molar-refractivity contribution in [3.8, 4) is 11.4 Å². The van der Waals surface area contributed by atoms with Gasteiger partial charge in [0.05, 0.1) is 22.8 Å². The number of benzene rings is 2. The van der Waals surface area contributed by atoms with E-state index in [4.69, 9.17) is 5.73 Å². The second kappa shape index (κ2) is 7.40. The van der Waals surface area contributed by atoms with Gasteiger partial charge < -0.3 is 15.8 Å². The van der Waals surface area contributed by atoms with Gasteiger partial charge >= 0.3 is 6.36 Å². The lowest BCUT2D eigenvalue weighted by Crippen LogP contribution is -2.17. The van der Waals surface area contributed by atoms with E-state index >= 15 is 0 Å². The summed E-state index contributed by atoms with van der Waals surface area (Å²) < 4.78 is 42.6. The van der Waals surface area contributed by atoms with Gasteiger partial charge in [-0.1, -0.05) is 0 Å². The molecule has 0 bridgehead atoms. The highest BCUT2D eigenvalue weighted by molar-refractivity contribution is 6.05. The normalized spacial score (nSPS) is 13.9. The van der Waals surface area contributed by atoms with Crippen LogP contribution in [-0.4, -0.2) is 22.1 Å². The minimum Gasteiger partial charge on any atom is -0.406 e. The smallest absolute Gasteiger partial charge is 0.406 e. The summed E-state index contributed by atoms with van der Waals surface area (Å²) in [6, 6.07) is 12.1. The second-order valence-electron chi connectivity index (χ2n) is 7.15. The maximum Gasteiger partial charge on any atom is 0.573 e. The van der Waals surface area contributed by atoms with E-state index in [1.54, 1.807) is 19.1 Å². The van der Waals surface area contributed by atoms with Crippen LogP contribution in [0.1, 0.15) is 40.5 Å². The number of rotatable bonds is 5. The zero-order valence-electron chi connectivity index (χ0n) is 16.0. The van der Waals surface area contributed by atoms with E-state index in [0.717, 1.165) is 36.4 Å². The van der Waals surface area contributed by atoms with Crippen LogP contribution in [0.4, 0.5) is 24.5 Å². The first kappa shape index (κ1) is 19.8. The van der Waals surface area contributed by atoms with Crippen molar-refractivity contribution in [2.45, 2.75) is 32.0 Å². The molecule has 2 aromatic carbocycles. The highest BCUT2D eigenvalue weighted by Crippen LogP contribution is 2.45. The molecule has 1 heterocycles. The Bertz CT molecular complexity index is 1070. The summed E-state index contributed by atoms with van der Waals surface area (Å²) in [5.41, 5.74) is 9.64. The van der Waals surface area contributed by atoms with Crippen LogP contribution in [0.25, 0.3) is 5.69 Å². The van der Waals surface area contributed by atoms with Gasteiger partial charge in [0, 0.05) is 17.2 Å². The fourth-order valence-electron chi connectivity index (χ4n) is 3.24. The first-order valence-corrected chi connectivity index (χ1v) is 9.34. The molecule has 3 N–H and O–H groups in total. The molecular weight excluding hydrogens is 397 g/mol. The Labute approximate surface area is 170 Å². The molecular formula is C21H19F3N4O2. The fourth-order valence-corrected chi connectivity index (χ4v) is 3.24. The molecule has 0 saturated heterocycles. The first-order valence-electron chi connectivity index (χ1n) is 9.34. The zero-order valence-corrected chi connectivity index (χ0v) is 16.0. The van der Waals surface area contributed by atoms with E-state index in [-0.39, 0.29) is 17.2 Å². The van der Waals surface area contributed by atoms with Crippen LogP contribution < -0.4 is 15.8 Å². The zero-order chi connectivity index (χ0) is 21.5. The predicted molar refractivity (Wildman–Crippen MR) is 106 cm³/mol. The Morgan fingerprint density at radius 3 is 2.33 bits per heavy atom. The van der Waals surface area contributed by atoms with Gasteiger partial charge in [0.2, 0.25) is 0 Å². The predicted octanol–water partition coefficient (Wildman–Crippen LogP) is 4.79. The van der Waals surface area contributed by atoms with Crippen LogP contribution >= 0.6 is 0 Å². The Balaban J connectivity index is 1.60. The van der Waals surface area contributed by atoms with Crippen molar-refractivity contribution in [1.82, 2.24) is 9.78 Å². The van der Waals surface area contributed by atoms with Gasteiger partial charge in [-0.25, -0.2) is 4.68 Å². The average Bonchev–Trinajstić information content (AvgIpc) is 3.46. The SMILES string of the molecule is Cc1nn(-c2ccc(N)cc2)c(C2CC2)c1NC(=O)c1ccc(OC(F)(F)F)cc1. The molecule has 0 spiro atoms. The summed E-state index contributed by atoms with van der Waals surface area (Å²) >= 11 is 0. The first-order chi connectivity index (χ1) is 14.2. The number of nitrogens with one attached hydrogen (secondary N) is 1. The summed E-state index contributed by atoms with van der Waals surface area (Å²) in [5, 5.41) is 7.46. The van der Waals surface area contributed by atoms with Crippen molar-refractivity contribution >= 4 is 17.3 Å².